The average Bonchev–Trinajstić information content (AvgIpc) is 2.45. The van der Waals surface area contributed by atoms with E-state index in [1.807, 2.05) is 19.0 Å². The molecule has 1 aliphatic heterocycles. The first-order chi connectivity index (χ1) is 9.87. The van der Waals surface area contributed by atoms with Crippen LogP contribution < -0.4 is 5.32 Å². The van der Waals surface area contributed by atoms with Crippen LogP contribution in [0.5, 0.6) is 0 Å². The molecule has 1 heterocycles. The van der Waals surface area contributed by atoms with Gasteiger partial charge in [0, 0.05) is 33.2 Å². The Bertz CT molecular complexity index is 386. The first kappa shape index (κ1) is 18.8. The number of nitrogens with zero attached hydrogens (tertiary/aromatic N) is 3. The Kier molecular flexibility index (Phi) is 8.12. The maximum absolute atomic E-state index is 12.6. The molecular formula is C14H32N4O2S. The Balaban J connectivity index is 2.53. The van der Waals surface area contributed by atoms with Crippen molar-refractivity contribution in [3.63, 3.8) is 0 Å². The summed E-state index contributed by atoms with van der Waals surface area (Å²) < 4.78 is 28.3. The predicted molar refractivity (Wildman–Crippen MR) is 87.6 cm³/mol. The van der Waals surface area contributed by atoms with E-state index in [-0.39, 0.29) is 0 Å². The van der Waals surface area contributed by atoms with Gasteiger partial charge in [-0.3, -0.25) is 0 Å². The van der Waals surface area contributed by atoms with E-state index in [0.717, 1.165) is 38.9 Å². The molecule has 1 aliphatic rings. The van der Waals surface area contributed by atoms with E-state index in [2.05, 4.69) is 12.2 Å². The molecule has 1 atom stereocenters. The standard InChI is InChI=1S/C14H32N4O2S/c1-5-8-15-12-14-7-6-9-18(13-14)21(19,20)17(4)11-10-16(2)3/h14-15H,5-13H2,1-4H3. The van der Waals surface area contributed by atoms with Crippen LogP contribution in [0.1, 0.15) is 26.2 Å². The van der Waals surface area contributed by atoms with Gasteiger partial charge in [0.1, 0.15) is 0 Å². The van der Waals surface area contributed by atoms with Gasteiger partial charge >= 0.3 is 0 Å². The molecule has 1 N–H and O–H groups in total. The number of likely N-dealkylation sites (N-methyl/N-ethyl adjacent to an activating group) is 2. The van der Waals surface area contributed by atoms with Crippen LogP contribution in [0.3, 0.4) is 0 Å². The summed E-state index contributed by atoms with van der Waals surface area (Å²) in [5.74, 6) is 0.433. The van der Waals surface area contributed by atoms with Gasteiger partial charge in [-0.2, -0.15) is 17.0 Å². The van der Waals surface area contributed by atoms with Crippen LogP contribution in [0.25, 0.3) is 0 Å². The minimum Gasteiger partial charge on any atom is -0.316 e. The molecule has 0 aromatic carbocycles. The second-order valence-electron chi connectivity index (χ2n) is 6.20. The molecule has 1 fully saturated rings. The average molecular weight is 321 g/mol. The SMILES string of the molecule is CCCNCC1CCCN(S(=O)(=O)N(C)CCN(C)C)C1. The van der Waals surface area contributed by atoms with Crippen molar-refractivity contribution < 1.29 is 8.42 Å². The van der Waals surface area contributed by atoms with Gasteiger partial charge in [-0.1, -0.05) is 6.92 Å². The Morgan fingerprint density at radius 1 is 1.24 bits per heavy atom. The lowest BCUT2D eigenvalue weighted by atomic mass is 10.00. The minimum atomic E-state index is -3.31. The normalized spacial score (nSPS) is 21.3. The van der Waals surface area contributed by atoms with Gasteiger partial charge in [-0.25, -0.2) is 0 Å². The monoisotopic (exact) mass is 320 g/mol. The summed E-state index contributed by atoms with van der Waals surface area (Å²) >= 11 is 0. The zero-order chi connectivity index (χ0) is 15.9. The van der Waals surface area contributed by atoms with Crippen LogP contribution in [0, 0.1) is 5.92 Å². The summed E-state index contributed by atoms with van der Waals surface area (Å²) in [7, 11) is 2.28. The van der Waals surface area contributed by atoms with Gasteiger partial charge in [0.15, 0.2) is 0 Å². The van der Waals surface area contributed by atoms with Crippen LogP contribution in [0.4, 0.5) is 0 Å². The Labute approximate surface area is 130 Å². The second kappa shape index (κ2) is 9.05. The first-order valence-corrected chi connectivity index (χ1v) is 9.34. The third-order valence-corrected chi connectivity index (χ3v) is 5.88. The van der Waals surface area contributed by atoms with Crippen LogP contribution >= 0.6 is 0 Å². The van der Waals surface area contributed by atoms with Crippen molar-refractivity contribution in [3.05, 3.63) is 0 Å². The van der Waals surface area contributed by atoms with Crippen LogP contribution in [-0.4, -0.2) is 82.3 Å². The minimum absolute atomic E-state index is 0.433. The van der Waals surface area contributed by atoms with E-state index in [1.54, 1.807) is 11.4 Å². The topological polar surface area (TPSA) is 55.9 Å². The van der Waals surface area contributed by atoms with Gasteiger partial charge < -0.3 is 10.2 Å². The lowest BCUT2D eigenvalue weighted by Gasteiger charge is -2.34. The fraction of sp³-hybridized carbons (Fsp3) is 1.00. The molecule has 0 aromatic heterocycles. The third kappa shape index (κ3) is 6.20. The summed E-state index contributed by atoms with van der Waals surface area (Å²) in [4.78, 5) is 2.00. The van der Waals surface area contributed by atoms with Crippen molar-refractivity contribution in [2.24, 2.45) is 5.92 Å². The van der Waals surface area contributed by atoms with Crippen LogP contribution in [-0.2, 0) is 10.2 Å². The van der Waals surface area contributed by atoms with Crippen LogP contribution in [0.2, 0.25) is 0 Å². The largest absolute Gasteiger partial charge is 0.316 e. The van der Waals surface area contributed by atoms with Crippen molar-refractivity contribution in [1.29, 1.82) is 0 Å². The quantitative estimate of drug-likeness (QED) is 0.626. The Morgan fingerprint density at radius 2 is 1.95 bits per heavy atom. The smallest absolute Gasteiger partial charge is 0.281 e. The van der Waals surface area contributed by atoms with Gasteiger partial charge in [-0.05, 0) is 52.4 Å². The van der Waals surface area contributed by atoms with Crippen molar-refractivity contribution in [2.75, 3.05) is 60.4 Å². The molecule has 0 saturated carbocycles. The molecule has 6 nitrogen and oxygen atoms in total. The van der Waals surface area contributed by atoms with E-state index in [0.29, 0.717) is 25.6 Å². The lowest BCUT2D eigenvalue weighted by Crippen LogP contribution is -2.49. The molecule has 1 rings (SSSR count). The Hall–Kier alpha value is -0.210. The van der Waals surface area contributed by atoms with Crippen molar-refractivity contribution in [3.8, 4) is 0 Å². The molecule has 21 heavy (non-hydrogen) atoms. The van der Waals surface area contributed by atoms with Gasteiger partial charge in [0.25, 0.3) is 10.2 Å². The lowest BCUT2D eigenvalue weighted by molar-refractivity contribution is 0.243. The maximum atomic E-state index is 12.6. The van der Waals surface area contributed by atoms with Gasteiger partial charge in [0.2, 0.25) is 0 Å². The zero-order valence-electron chi connectivity index (χ0n) is 14.0. The summed E-state index contributed by atoms with van der Waals surface area (Å²) in [5.41, 5.74) is 0. The molecule has 0 bridgehead atoms. The Morgan fingerprint density at radius 3 is 2.57 bits per heavy atom. The van der Waals surface area contributed by atoms with E-state index in [9.17, 15) is 8.42 Å². The predicted octanol–water partition coefficient (Wildman–Crippen LogP) is 0.436. The number of rotatable bonds is 9. The van der Waals surface area contributed by atoms with E-state index < -0.39 is 10.2 Å². The highest BCUT2D eigenvalue weighted by molar-refractivity contribution is 7.86. The molecule has 0 spiro atoms. The molecule has 0 aromatic rings. The van der Waals surface area contributed by atoms with Crippen LogP contribution in [0.15, 0.2) is 0 Å². The third-order valence-electron chi connectivity index (χ3n) is 3.92. The van der Waals surface area contributed by atoms with Gasteiger partial charge in [-0.15, -0.1) is 0 Å². The molecule has 1 unspecified atom stereocenters. The molecule has 126 valence electrons. The van der Waals surface area contributed by atoms with Crippen molar-refractivity contribution in [2.45, 2.75) is 26.2 Å². The highest BCUT2D eigenvalue weighted by atomic mass is 32.2. The van der Waals surface area contributed by atoms with Crippen molar-refractivity contribution in [1.82, 2.24) is 18.8 Å². The second-order valence-corrected chi connectivity index (χ2v) is 8.24. The fourth-order valence-electron chi connectivity index (χ4n) is 2.54. The summed E-state index contributed by atoms with van der Waals surface area (Å²) in [6, 6.07) is 0. The summed E-state index contributed by atoms with van der Waals surface area (Å²) in [6.07, 6.45) is 3.19. The molecular weight excluding hydrogens is 288 g/mol. The number of hydrogen-bond donors (Lipinski definition) is 1. The molecule has 0 aliphatic carbocycles. The van der Waals surface area contributed by atoms with E-state index >= 15 is 0 Å². The zero-order valence-corrected chi connectivity index (χ0v) is 14.8. The first-order valence-electron chi connectivity index (χ1n) is 7.94. The number of hydrogen-bond acceptors (Lipinski definition) is 4. The maximum Gasteiger partial charge on any atom is 0.281 e. The van der Waals surface area contributed by atoms with E-state index in [4.69, 9.17) is 0 Å². The molecule has 7 heteroatoms. The highest BCUT2D eigenvalue weighted by Gasteiger charge is 2.31. The fourth-order valence-corrected chi connectivity index (χ4v) is 4.00. The summed E-state index contributed by atoms with van der Waals surface area (Å²) in [5, 5.41) is 3.40. The van der Waals surface area contributed by atoms with Crippen molar-refractivity contribution >= 4 is 10.2 Å². The van der Waals surface area contributed by atoms with Gasteiger partial charge in [0.05, 0.1) is 0 Å². The molecule has 0 amide bonds. The highest BCUT2D eigenvalue weighted by Crippen LogP contribution is 2.20. The molecule has 1 saturated heterocycles. The number of nitrogens with one attached hydrogen (secondary N) is 1. The summed E-state index contributed by atoms with van der Waals surface area (Å²) in [6.45, 7) is 6.64. The molecule has 0 radical (unpaired) electrons. The number of piperidine rings is 1. The van der Waals surface area contributed by atoms with E-state index in [1.165, 1.54) is 4.31 Å².